The van der Waals surface area contributed by atoms with Gasteiger partial charge < -0.3 is 10.2 Å². The molecule has 0 aliphatic carbocycles. The quantitative estimate of drug-likeness (QED) is 0.922. The lowest BCUT2D eigenvalue weighted by atomic mass is 9.98. The molecule has 8 heteroatoms. The van der Waals surface area contributed by atoms with E-state index in [1.807, 2.05) is 0 Å². The number of fused-ring (bicyclic) bond motifs is 3. The van der Waals surface area contributed by atoms with E-state index in [0.717, 1.165) is 18.9 Å². The van der Waals surface area contributed by atoms with E-state index in [1.54, 1.807) is 0 Å². The fourth-order valence-corrected chi connectivity index (χ4v) is 3.89. The van der Waals surface area contributed by atoms with Gasteiger partial charge in [0.1, 0.15) is 5.52 Å². The number of piperidine rings is 1. The Hall–Kier alpha value is -1.83. The van der Waals surface area contributed by atoms with Crippen LogP contribution in [0.25, 0.3) is 5.52 Å². The third-order valence-corrected chi connectivity index (χ3v) is 5.12. The van der Waals surface area contributed by atoms with Crippen LogP contribution in [-0.2, 0) is 6.18 Å². The maximum atomic E-state index is 12.8. The normalized spacial score (nSPS) is 28.4. The highest BCUT2D eigenvalue weighted by atomic mass is 19.4. The van der Waals surface area contributed by atoms with Gasteiger partial charge in [-0.3, -0.25) is 0 Å². The van der Waals surface area contributed by atoms with Gasteiger partial charge in [-0.1, -0.05) is 0 Å². The molecule has 0 radical (unpaired) electrons. The largest absolute Gasteiger partial charge is 0.435 e. The molecule has 2 saturated heterocycles. The fraction of sp³-hybridized carbons (Fsp3) is 0.600. The molecule has 2 aromatic heterocycles. The highest BCUT2D eigenvalue weighted by molar-refractivity contribution is 5.68. The summed E-state index contributed by atoms with van der Waals surface area (Å²) in [4.78, 5) is 6.66. The number of nitrogens with zero attached hydrogens (tertiary/aromatic N) is 4. The highest BCUT2D eigenvalue weighted by Crippen LogP contribution is 2.36. The van der Waals surface area contributed by atoms with E-state index in [1.165, 1.54) is 29.8 Å². The maximum Gasteiger partial charge on any atom is 0.435 e. The van der Waals surface area contributed by atoms with Crippen LogP contribution in [0.2, 0.25) is 0 Å². The molecule has 0 saturated carbocycles. The number of anilines is 1. The third kappa shape index (κ3) is 2.54. The third-order valence-electron chi connectivity index (χ3n) is 5.12. The molecule has 5 nitrogen and oxygen atoms in total. The van der Waals surface area contributed by atoms with E-state index >= 15 is 0 Å². The molecule has 2 aliphatic rings. The molecule has 1 N–H and O–H groups in total. The van der Waals surface area contributed by atoms with Crippen molar-refractivity contribution in [3.05, 3.63) is 24.2 Å². The summed E-state index contributed by atoms with van der Waals surface area (Å²) in [6.07, 6.45) is 2.85. The molecule has 2 unspecified atom stereocenters. The van der Waals surface area contributed by atoms with Crippen LogP contribution in [0.4, 0.5) is 19.0 Å². The summed E-state index contributed by atoms with van der Waals surface area (Å²) < 4.78 is 39.8. The first-order valence-electron chi connectivity index (χ1n) is 7.82. The molecular weight excluding hydrogens is 307 g/mol. The van der Waals surface area contributed by atoms with Gasteiger partial charge in [-0.05, 0) is 32.7 Å². The number of rotatable bonds is 2. The molecule has 0 spiro atoms. The lowest BCUT2D eigenvalue weighted by molar-refractivity contribution is -0.141. The molecule has 2 bridgehead atoms. The molecule has 2 aromatic rings. The van der Waals surface area contributed by atoms with Crippen molar-refractivity contribution in [1.82, 2.24) is 19.5 Å². The lowest BCUT2D eigenvalue weighted by Crippen LogP contribution is -2.44. The van der Waals surface area contributed by atoms with Crippen LogP contribution in [0.5, 0.6) is 0 Å². The highest BCUT2D eigenvalue weighted by Gasteiger charge is 2.39. The summed E-state index contributed by atoms with van der Waals surface area (Å²) in [5.74, 6) is 0.476. The lowest BCUT2D eigenvalue weighted by Gasteiger charge is -2.36. The number of halogens is 3. The maximum absolute atomic E-state index is 12.8. The number of aromatic nitrogens is 3. The first-order chi connectivity index (χ1) is 10.9. The van der Waals surface area contributed by atoms with Gasteiger partial charge in [-0.2, -0.15) is 18.3 Å². The van der Waals surface area contributed by atoms with E-state index in [9.17, 15) is 13.2 Å². The van der Waals surface area contributed by atoms with Crippen molar-refractivity contribution in [1.29, 1.82) is 0 Å². The van der Waals surface area contributed by atoms with Crippen molar-refractivity contribution in [3.63, 3.8) is 0 Å². The SMILES string of the molecule is CN1C2CCC1CC(Nc1nccn3nc(C(F)(F)F)cc13)C2. The number of nitrogens with one attached hydrogen (secondary N) is 1. The van der Waals surface area contributed by atoms with Gasteiger partial charge in [-0.15, -0.1) is 0 Å². The number of hydrogen-bond donors (Lipinski definition) is 1. The second kappa shape index (κ2) is 5.09. The summed E-state index contributed by atoms with van der Waals surface area (Å²) >= 11 is 0. The molecule has 0 amide bonds. The molecule has 4 rings (SSSR count). The smallest absolute Gasteiger partial charge is 0.365 e. The van der Waals surface area contributed by atoms with Gasteiger partial charge in [0.2, 0.25) is 0 Å². The number of alkyl halides is 3. The Morgan fingerprint density at radius 2 is 1.91 bits per heavy atom. The summed E-state index contributed by atoms with van der Waals surface area (Å²) in [7, 11) is 2.16. The average Bonchev–Trinajstić information content (AvgIpc) is 2.99. The molecule has 124 valence electrons. The molecule has 2 aliphatic heterocycles. The standard InChI is InChI=1S/C15H18F3N5/c1-22-10-2-3-11(22)7-9(6-10)20-14-12-8-13(15(16,17)18)21-23(12)5-4-19-14/h4-5,8-11H,2-3,6-7H2,1H3,(H,19,20). The molecule has 4 heterocycles. The Kier molecular flexibility index (Phi) is 3.26. The Balaban J connectivity index is 1.61. The van der Waals surface area contributed by atoms with Gasteiger partial charge in [-0.25, -0.2) is 9.50 Å². The van der Waals surface area contributed by atoms with Crippen molar-refractivity contribution in [2.75, 3.05) is 12.4 Å². The molecule has 0 aromatic carbocycles. The first kappa shape index (κ1) is 14.7. The summed E-state index contributed by atoms with van der Waals surface area (Å²) in [6.45, 7) is 0. The Morgan fingerprint density at radius 1 is 1.22 bits per heavy atom. The average molecular weight is 325 g/mol. The van der Waals surface area contributed by atoms with E-state index in [-0.39, 0.29) is 6.04 Å². The number of hydrogen-bond acceptors (Lipinski definition) is 4. The van der Waals surface area contributed by atoms with Gasteiger partial charge in [0, 0.05) is 36.6 Å². The minimum absolute atomic E-state index is 0.242. The van der Waals surface area contributed by atoms with Crippen molar-refractivity contribution in [3.8, 4) is 0 Å². The summed E-state index contributed by atoms with van der Waals surface area (Å²) in [6, 6.07) is 2.41. The molecule has 2 atom stereocenters. The van der Waals surface area contributed by atoms with E-state index in [4.69, 9.17) is 0 Å². The van der Waals surface area contributed by atoms with Gasteiger partial charge in [0.25, 0.3) is 0 Å². The summed E-state index contributed by atoms with van der Waals surface area (Å²) in [5.41, 5.74) is -0.525. The van der Waals surface area contributed by atoms with Crippen LogP contribution in [0.15, 0.2) is 18.5 Å². The minimum Gasteiger partial charge on any atom is -0.365 e. The van der Waals surface area contributed by atoms with Crippen LogP contribution >= 0.6 is 0 Å². The first-order valence-corrected chi connectivity index (χ1v) is 7.82. The van der Waals surface area contributed by atoms with E-state index < -0.39 is 11.9 Å². The van der Waals surface area contributed by atoms with E-state index in [2.05, 4.69) is 27.3 Å². The van der Waals surface area contributed by atoms with Crippen molar-refractivity contribution in [2.24, 2.45) is 0 Å². The van der Waals surface area contributed by atoms with Crippen molar-refractivity contribution >= 4 is 11.3 Å². The zero-order valence-electron chi connectivity index (χ0n) is 12.7. The zero-order valence-corrected chi connectivity index (χ0v) is 12.7. The molecular formula is C15H18F3N5. The van der Waals surface area contributed by atoms with Crippen LogP contribution in [0, 0.1) is 0 Å². The topological polar surface area (TPSA) is 45.5 Å². The van der Waals surface area contributed by atoms with Gasteiger partial charge in [0.05, 0.1) is 0 Å². The van der Waals surface area contributed by atoms with Gasteiger partial charge in [0.15, 0.2) is 11.5 Å². The zero-order chi connectivity index (χ0) is 16.2. The monoisotopic (exact) mass is 325 g/mol. The van der Waals surface area contributed by atoms with Crippen LogP contribution in [0.1, 0.15) is 31.4 Å². The fourth-order valence-electron chi connectivity index (χ4n) is 3.89. The van der Waals surface area contributed by atoms with Crippen LogP contribution < -0.4 is 5.32 Å². The Morgan fingerprint density at radius 3 is 2.57 bits per heavy atom. The minimum atomic E-state index is -4.45. The predicted molar refractivity (Wildman–Crippen MR) is 79.2 cm³/mol. The van der Waals surface area contributed by atoms with Crippen molar-refractivity contribution in [2.45, 2.75) is 50.0 Å². The Bertz CT molecular complexity index is 711. The van der Waals surface area contributed by atoms with Crippen molar-refractivity contribution < 1.29 is 13.2 Å². The molecule has 23 heavy (non-hydrogen) atoms. The summed E-state index contributed by atoms with van der Waals surface area (Å²) in [5, 5.41) is 6.94. The van der Waals surface area contributed by atoms with Gasteiger partial charge >= 0.3 is 6.18 Å². The van der Waals surface area contributed by atoms with Crippen LogP contribution in [-0.4, -0.2) is 44.7 Å². The Labute approximate surface area is 131 Å². The van der Waals surface area contributed by atoms with E-state index in [0.29, 0.717) is 23.4 Å². The predicted octanol–water partition coefficient (Wildman–Crippen LogP) is 2.79. The van der Waals surface area contributed by atoms with Crippen LogP contribution in [0.3, 0.4) is 0 Å². The second-order valence-corrected chi connectivity index (χ2v) is 6.50. The second-order valence-electron chi connectivity index (χ2n) is 6.50. The molecule has 2 fully saturated rings.